The zero-order valence-corrected chi connectivity index (χ0v) is 23.0. The van der Waals surface area contributed by atoms with Crippen LogP contribution in [-0.2, 0) is 4.79 Å². The van der Waals surface area contributed by atoms with E-state index in [-0.39, 0.29) is 18.3 Å². The summed E-state index contributed by atoms with van der Waals surface area (Å²) in [5.74, 6) is 1.46. The molecule has 1 aromatic heterocycles. The molecule has 0 saturated carbocycles. The standard InChI is InChI=1S/C26H33N3O4S.ClH/c1-17-13-18(2)25-20(14-17)27-26(34-25)29(12-8-11-28(3)4)23(30)10-9-19-15-21(31-5)24(33-7)22(16-19)32-6;/h9-10,13-16H,8,11-12H2,1-7H3;1H. The smallest absolute Gasteiger partial charge is 0.252 e. The molecule has 7 nitrogen and oxygen atoms in total. The Labute approximate surface area is 217 Å². The average Bonchev–Trinajstić information content (AvgIpc) is 3.23. The molecule has 0 unspecified atom stereocenters. The number of amides is 1. The second-order valence-corrected chi connectivity index (χ2v) is 9.34. The number of carbonyl (C=O) groups excluding carboxylic acids is 1. The molecule has 190 valence electrons. The number of nitrogens with zero attached hydrogens (tertiary/aromatic N) is 3. The largest absolute Gasteiger partial charge is 0.493 e. The van der Waals surface area contributed by atoms with Crippen LogP contribution >= 0.6 is 23.7 Å². The van der Waals surface area contributed by atoms with Crippen molar-refractivity contribution in [3.8, 4) is 17.2 Å². The predicted molar refractivity (Wildman–Crippen MR) is 147 cm³/mol. The van der Waals surface area contributed by atoms with Crippen LogP contribution in [0.4, 0.5) is 5.13 Å². The minimum absolute atomic E-state index is 0. The Bertz CT molecular complexity index is 1170. The fourth-order valence-corrected chi connectivity index (χ4v) is 4.83. The van der Waals surface area contributed by atoms with Gasteiger partial charge in [0, 0.05) is 12.6 Å². The summed E-state index contributed by atoms with van der Waals surface area (Å²) in [6, 6.07) is 7.83. The average molecular weight is 520 g/mol. The second-order valence-electron chi connectivity index (χ2n) is 8.37. The first kappa shape index (κ1) is 28.4. The molecule has 9 heteroatoms. The summed E-state index contributed by atoms with van der Waals surface area (Å²) in [5.41, 5.74) is 4.03. The highest BCUT2D eigenvalue weighted by molar-refractivity contribution is 7.22. The Morgan fingerprint density at radius 2 is 1.66 bits per heavy atom. The van der Waals surface area contributed by atoms with Crippen molar-refractivity contribution in [1.82, 2.24) is 9.88 Å². The van der Waals surface area contributed by atoms with Crippen LogP contribution in [0.15, 0.2) is 30.3 Å². The summed E-state index contributed by atoms with van der Waals surface area (Å²) in [4.78, 5) is 22.0. The summed E-state index contributed by atoms with van der Waals surface area (Å²) >= 11 is 1.56. The van der Waals surface area contributed by atoms with Gasteiger partial charge in [-0.2, -0.15) is 0 Å². The first-order valence-corrected chi connectivity index (χ1v) is 11.9. The van der Waals surface area contributed by atoms with Gasteiger partial charge in [0.15, 0.2) is 16.6 Å². The number of aryl methyl sites for hydroxylation is 2. The van der Waals surface area contributed by atoms with Gasteiger partial charge in [-0.1, -0.05) is 17.4 Å². The number of rotatable bonds is 10. The Hall–Kier alpha value is -2.81. The molecule has 0 aliphatic heterocycles. The monoisotopic (exact) mass is 519 g/mol. The van der Waals surface area contributed by atoms with Crippen molar-refractivity contribution < 1.29 is 19.0 Å². The molecule has 0 bridgehead atoms. The molecule has 1 heterocycles. The highest BCUT2D eigenvalue weighted by Gasteiger charge is 2.19. The van der Waals surface area contributed by atoms with Crippen LogP contribution in [-0.4, -0.2) is 64.3 Å². The molecule has 0 aliphatic rings. The fourth-order valence-electron chi connectivity index (χ4n) is 3.78. The van der Waals surface area contributed by atoms with Crippen molar-refractivity contribution in [2.45, 2.75) is 20.3 Å². The number of aromatic nitrogens is 1. The van der Waals surface area contributed by atoms with Gasteiger partial charge in [0.2, 0.25) is 5.75 Å². The van der Waals surface area contributed by atoms with E-state index in [0.29, 0.717) is 28.9 Å². The van der Waals surface area contributed by atoms with Gasteiger partial charge in [-0.3, -0.25) is 9.69 Å². The molecular formula is C26H34ClN3O4S. The Morgan fingerprint density at radius 1 is 1.00 bits per heavy atom. The number of thiazole rings is 1. The molecule has 0 saturated heterocycles. The number of ether oxygens (including phenoxy) is 3. The van der Waals surface area contributed by atoms with Gasteiger partial charge in [0.05, 0.1) is 31.5 Å². The normalized spacial score (nSPS) is 11.1. The molecule has 3 rings (SSSR count). The molecular weight excluding hydrogens is 486 g/mol. The summed E-state index contributed by atoms with van der Waals surface area (Å²) in [7, 11) is 8.76. The number of carbonyl (C=O) groups is 1. The van der Waals surface area contributed by atoms with E-state index in [9.17, 15) is 4.79 Å². The molecule has 0 aliphatic carbocycles. The van der Waals surface area contributed by atoms with E-state index in [1.54, 1.807) is 49.7 Å². The highest BCUT2D eigenvalue weighted by Crippen LogP contribution is 2.38. The maximum Gasteiger partial charge on any atom is 0.252 e. The van der Waals surface area contributed by atoms with E-state index < -0.39 is 0 Å². The van der Waals surface area contributed by atoms with Crippen LogP contribution in [0.3, 0.4) is 0 Å². The van der Waals surface area contributed by atoms with Crippen molar-refractivity contribution >= 4 is 51.1 Å². The Kier molecular flexibility index (Phi) is 10.4. The van der Waals surface area contributed by atoms with Gasteiger partial charge in [-0.25, -0.2) is 4.98 Å². The molecule has 35 heavy (non-hydrogen) atoms. The van der Waals surface area contributed by atoms with Crippen LogP contribution in [0.25, 0.3) is 16.3 Å². The fraction of sp³-hybridized carbons (Fsp3) is 0.385. The van der Waals surface area contributed by atoms with Gasteiger partial charge in [-0.15, -0.1) is 12.4 Å². The minimum Gasteiger partial charge on any atom is -0.493 e. The van der Waals surface area contributed by atoms with Gasteiger partial charge >= 0.3 is 0 Å². The third-order valence-electron chi connectivity index (χ3n) is 5.40. The SMILES string of the molecule is COc1cc(C=CC(=O)N(CCCN(C)C)c2nc3cc(C)cc(C)c3s2)cc(OC)c1OC.Cl. The molecule has 3 aromatic rings. The van der Waals surface area contributed by atoms with Crippen LogP contribution in [0, 0.1) is 13.8 Å². The number of benzene rings is 2. The first-order valence-electron chi connectivity index (χ1n) is 11.1. The van der Waals surface area contributed by atoms with Gasteiger partial charge in [-0.05, 0) is 81.9 Å². The zero-order chi connectivity index (χ0) is 24.8. The van der Waals surface area contributed by atoms with Crippen LogP contribution in [0.2, 0.25) is 0 Å². The van der Waals surface area contributed by atoms with Gasteiger partial charge in [0.1, 0.15) is 0 Å². The summed E-state index contributed by atoms with van der Waals surface area (Å²) in [5, 5.41) is 0.710. The lowest BCUT2D eigenvalue weighted by molar-refractivity contribution is -0.114. The second kappa shape index (κ2) is 12.8. The van der Waals surface area contributed by atoms with E-state index in [1.165, 1.54) is 5.56 Å². The minimum atomic E-state index is -0.124. The summed E-state index contributed by atoms with van der Waals surface area (Å²) in [6.07, 6.45) is 4.17. The van der Waals surface area contributed by atoms with E-state index in [0.717, 1.165) is 34.3 Å². The van der Waals surface area contributed by atoms with E-state index >= 15 is 0 Å². The molecule has 0 radical (unpaired) electrons. The molecule has 0 N–H and O–H groups in total. The molecule has 0 spiro atoms. The third kappa shape index (κ3) is 6.87. The van der Waals surface area contributed by atoms with E-state index in [4.69, 9.17) is 19.2 Å². The quantitative estimate of drug-likeness (QED) is 0.336. The van der Waals surface area contributed by atoms with Crippen LogP contribution in [0.5, 0.6) is 17.2 Å². The van der Waals surface area contributed by atoms with Crippen molar-refractivity contribution in [3.63, 3.8) is 0 Å². The van der Waals surface area contributed by atoms with Crippen molar-refractivity contribution in [2.75, 3.05) is 53.4 Å². The lowest BCUT2D eigenvalue weighted by atomic mass is 10.1. The van der Waals surface area contributed by atoms with Crippen molar-refractivity contribution in [1.29, 1.82) is 0 Å². The first-order chi connectivity index (χ1) is 16.3. The van der Waals surface area contributed by atoms with E-state index in [2.05, 4.69) is 30.9 Å². The molecule has 1 amide bonds. The van der Waals surface area contributed by atoms with Crippen LogP contribution < -0.4 is 19.1 Å². The maximum absolute atomic E-state index is 13.4. The number of halogens is 1. The number of methoxy groups -OCH3 is 3. The molecule has 0 fully saturated rings. The lowest BCUT2D eigenvalue weighted by Gasteiger charge is -2.19. The maximum atomic E-state index is 13.4. The van der Waals surface area contributed by atoms with Gasteiger partial charge < -0.3 is 19.1 Å². The predicted octanol–water partition coefficient (Wildman–Crippen LogP) is 5.36. The van der Waals surface area contributed by atoms with Crippen molar-refractivity contribution in [3.05, 3.63) is 47.0 Å². The zero-order valence-electron chi connectivity index (χ0n) is 21.4. The highest BCUT2D eigenvalue weighted by atomic mass is 35.5. The molecule has 2 aromatic carbocycles. The molecule has 0 atom stereocenters. The van der Waals surface area contributed by atoms with Crippen molar-refractivity contribution in [2.24, 2.45) is 0 Å². The number of hydrogen-bond acceptors (Lipinski definition) is 7. The lowest BCUT2D eigenvalue weighted by Crippen LogP contribution is -2.32. The topological polar surface area (TPSA) is 64.1 Å². The number of anilines is 1. The third-order valence-corrected chi connectivity index (χ3v) is 6.63. The number of fused-ring (bicyclic) bond motifs is 1. The van der Waals surface area contributed by atoms with Crippen LogP contribution in [0.1, 0.15) is 23.1 Å². The summed E-state index contributed by atoms with van der Waals surface area (Å²) < 4.78 is 17.3. The van der Waals surface area contributed by atoms with E-state index in [1.807, 2.05) is 26.2 Å². The number of hydrogen-bond donors (Lipinski definition) is 0. The summed E-state index contributed by atoms with van der Waals surface area (Å²) in [6.45, 7) is 5.60. The Balaban J connectivity index is 0.00000432. The Morgan fingerprint density at radius 3 is 2.23 bits per heavy atom. The van der Waals surface area contributed by atoms with Gasteiger partial charge in [0.25, 0.3) is 5.91 Å².